The van der Waals surface area contributed by atoms with Gasteiger partial charge in [-0.2, -0.15) is 5.10 Å². The number of carbonyl (C=O) groups is 3. The van der Waals surface area contributed by atoms with E-state index in [1.54, 1.807) is 20.9 Å². The number of aryl methyl sites for hydroxylation is 1. The molecule has 0 aliphatic carbocycles. The molecule has 3 amide bonds. The van der Waals surface area contributed by atoms with Crippen molar-refractivity contribution in [3.8, 4) is 0 Å². The van der Waals surface area contributed by atoms with E-state index in [0.29, 0.717) is 44.7 Å². The lowest BCUT2D eigenvalue weighted by Crippen LogP contribution is -2.44. The van der Waals surface area contributed by atoms with Crippen molar-refractivity contribution in [3.63, 3.8) is 0 Å². The smallest absolute Gasteiger partial charge is 0.274 e. The monoisotopic (exact) mass is 491 g/mol. The summed E-state index contributed by atoms with van der Waals surface area (Å²) >= 11 is 1.58. The van der Waals surface area contributed by atoms with Crippen LogP contribution in [0.15, 0.2) is 47.8 Å². The molecular weight excluding hydrogens is 462 g/mol. The lowest BCUT2D eigenvalue weighted by molar-refractivity contribution is -0.131. The van der Waals surface area contributed by atoms with Crippen molar-refractivity contribution in [3.05, 3.63) is 69.7 Å². The first-order valence-corrected chi connectivity index (χ1v) is 12.9. The Morgan fingerprint density at radius 3 is 2.69 bits per heavy atom. The topological polar surface area (TPSA) is 87.5 Å². The van der Waals surface area contributed by atoms with Crippen LogP contribution in [0.2, 0.25) is 0 Å². The SMILES string of the molecule is Cn1nc(C(=O)N2CCCC(C(=O)Nc3ccccc3)C2)c2c1CCN(C(=O)Cc1cccs1)C2. The number of para-hydroxylation sites is 1. The number of piperidine rings is 1. The number of nitrogens with zero attached hydrogens (tertiary/aromatic N) is 4. The predicted molar refractivity (Wildman–Crippen MR) is 134 cm³/mol. The Bertz CT molecular complexity index is 1220. The minimum atomic E-state index is -0.267. The lowest BCUT2D eigenvalue weighted by Gasteiger charge is -2.32. The minimum Gasteiger partial charge on any atom is -0.338 e. The summed E-state index contributed by atoms with van der Waals surface area (Å²) in [6.07, 6.45) is 2.55. The van der Waals surface area contributed by atoms with Gasteiger partial charge in [-0.3, -0.25) is 19.1 Å². The zero-order valence-corrected chi connectivity index (χ0v) is 20.6. The summed E-state index contributed by atoms with van der Waals surface area (Å²) in [5.74, 6) is -0.430. The predicted octanol–water partition coefficient (Wildman–Crippen LogP) is 3.10. The fourth-order valence-electron chi connectivity index (χ4n) is 4.94. The van der Waals surface area contributed by atoms with Crippen molar-refractivity contribution in [2.75, 3.05) is 25.0 Å². The number of benzene rings is 1. The number of aromatic nitrogens is 2. The Morgan fingerprint density at radius 1 is 1.09 bits per heavy atom. The Hall–Kier alpha value is -3.46. The van der Waals surface area contributed by atoms with Gasteiger partial charge in [0, 0.05) is 61.5 Å². The van der Waals surface area contributed by atoms with Crippen molar-refractivity contribution >= 4 is 34.7 Å². The normalized spacial score (nSPS) is 17.7. The third-order valence-corrected chi connectivity index (χ3v) is 7.70. The third-order valence-electron chi connectivity index (χ3n) is 6.82. The minimum absolute atomic E-state index is 0.0657. The van der Waals surface area contributed by atoms with E-state index in [2.05, 4.69) is 10.4 Å². The van der Waals surface area contributed by atoms with E-state index in [1.807, 2.05) is 59.8 Å². The molecule has 2 aliphatic heterocycles. The van der Waals surface area contributed by atoms with Crippen molar-refractivity contribution in [1.29, 1.82) is 0 Å². The maximum Gasteiger partial charge on any atom is 0.274 e. The summed E-state index contributed by atoms with van der Waals surface area (Å²) < 4.78 is 1.77. The molecule has 3 aromatic rings. The van der Waals surface area contributed by atoms with Crippen molar-refractivity contribution in [1.82, 2.24) is 19.6 Å². The molecule has 1 aromatic carbocycles. The highest BCUT2D eigenvalue weighted by Gasteiger charge is 2.34. The first-order valence-electron chi connectivity index (χ1n) is 12.0. The Labute approximate surface area is 208 Å². The molecule has 1 unspecified atom stereocenters. The summed E-state index contributed by atoms with van der Waals surface area (Å²) in [6, 6.07) is 13.3. The number of hydrogen-bond acceptors (Lipinski definition) is 5. The summed E-state index contributed by atoms with van der Waals surface area (Å²) in [5.41, 5.74) is 3.00. The zero-order chi connectivity index (χ0) is 24.4. The second kappa shape index (κ2) is 10.0. The molecule has 9 heteroatoms. The number of anilines is 1. The van der Waals surface area contributed by atoms with Crippen molar-refractivity contribution < 1.29 is 14.4 Å². The highest BCUT2D eigenvalue weighted by Crippen LogP contribution is 2.26. The molecule has 0 bridgehead atoms. The van der Waals surface area contributed by atoms with Crippen LogP contribution in [0.25, 0.3) is 0 Å². The molecule has 4 heterocycles. The molecule has 0 spiro atoms. The van der Waals surface area contributed by atoms with E-state index >= 15 is 0 Å². The molecule has 1 fully saturated rings. The van der Waals surface area contributed by atoms with Crippen LogP contribution in [-0.2, 0) is 36.0 Å². The van der Waals surface area contributed by atoms with E-state index in [1.165, 1.54) is 0 Å². The van der Waals surface area contributed by atoms with Gasteiger partial charge in [-0.25, -0.2) is 0 Å². The van der Waals surface area contributed by atoms with E-state index in [0.717, 1.165) is 34.7 Å². The fourth-order valence-corrected chi connectivity index (χ4v) is 5.64. The summed E-state index contributed by atoms with van der Waals surface area (Å²) in [5, 5.41) is 9.50. The van der Waals surface area contributed by atoms with Crippen molar-refractivity contribution in [2.24, 2.45) is 13.0 Å². The van der Waals surface area contributed by atoms with E-state index in [9.17, 15) is 14.4 Å². The number of rotatable bonds is 5. The Kier molecular flexibility index (Phi) is 6.68. The van der Waals surface area contributed by atoms with Gasteiger partial charge >= 0.3 is 0 Å². The largest absolute Gasteiger partial charge is 0.338 e. The van der Waals surface area contributed by atoms with Crippen LogP contribution >= 0.6 is 11.3 Å². The van der Waals surface area contributed by atoms with Gasteiger partial charge in [-0.1, -0.05) is 24.3 Å². The van der Waals surface area contributed by atoms with E-state index in [-0.39, 0.29) is 23.6 Å². The molecule has 8 nitrogen and oxygen atoms in total. The first kappa shape index (κ1) is 23.3. The van der Waals surface area contributed by atoms with Gasteiger partial charge in [0.2, 0.25) is 11.8 Å². The maximum atomic E-state index is 13.6. The Balaban J connectivity index is 1.28. The highest BCUT2D eigenvalue weighted by molar-refractivity contribution is 7.10. The molecule has 5 rings (SSSR count). The van der Waals surface area contributed by atoms with Crippen LogP contribution in [0, 0.1) is 5.92 Å². The van der Waals surface area contributed by atoms with Crippen LogP contribution in [0.1, 0.15) is 39.5 Å². The van der Waals surface area contributed by atoms with Crippen LogP contribution in [0.3, 0.4) is 0 Å². The summed E-state index contributed by atoms with van der Waals surface area (Å²) in [4.78, 5) is 43.9. The maximum absolute atomic E-state index is 13.6. The van der Waals surface area contributed by atoms with Gasteiger partial charge in [0.25, 0.3) is 5.91 Å². The average Bonchev–Trinajstić information content (AvgIpc) is 3.51. The number of amides is 3. The number of likely N-dealkylation sites (tertiary alicyclic amines) is 1. The molecule has 35 heavy (non-hydrogen) atoms. The number of carbonyl (C=O) groups excluding carboxylic acids is 3. The summed E-state index contributed by atoms with van der Waals surface area (Å²) in [6.45, 7) is 1.97. The van der Waals surface area contributed by atoms with Gasteiger partial charge in [0.05, 0.1) is 12.3 Å². The molecule has 182 valence electrons. The first-order chi connectivity index (χ1) is 17.0. The van der Waals surface area contributed by atoms with Gasteiger partial charge < -0.3 is 15.1 Å². The van der Waals surface area contributed by atoms with Gasteiger partial charge in [0.15, 0.2) is 5.69 Å². The second-order valence-electron chi connectivity index (χ2n) is 9.16. The Morgan fingerprint density at radius 2 is 1.91 bits per heavy atom. The van der Waals surface area contributed by atoms with Crippen LogP contribution in [0.5, 0.6) is 0 Å². The van der Waals surface area contributed by atoms with Crippen LogP contribution in [-0.4, -0.2) is 56.9 Å². The zero-order valence-electron chi connectivity index (χ0n) is 19.8. The number of hydrogen-bond donors (Lipinski definition) is 1. The lowest BCUT2D eigenvalue weighted by atomic mass is 9.96. The molecule has 2 aliphatic rings. The van der Waals surface area contributed by atoms with Gasteiger partial charge in [-0.15, -0.1) is 11.3 Å². The molecule has 2 aromatic heterocycles. The van der Waals surface area contributed by atoms with Gasteiger partial charge in [0.1, 0.15) is 0 Å². The molecule has 0 saturated carbocycles. The van der Waals surface area contributed by atoms with Crippen molar-refractivity contribution in [2.45, 2.75) is 32.2 Å². The molecule has 1 atom stereocenters. The fraction of sp³-hybridized carbons (Fsp3) is 0.385. The highest BCUT2D eigenvalue weighted by atomic mass is 32.1. The molecule has 1 saturated heterocycles. The second-order valence-corrected chi connectivity index (χ2v) is 10.2. The van der Waals surface area contributed by atoms with Gasteiger partial charge in [-0.05, 0) is 36.4 Å². The number of fused-ring (bicyclic) bond motifs is 1. The quantitative estimate of drug-likeness (QED) is 0.594. The standard InChI is InChI=1S/C26H29N5O3S/c1-29-22-11-13-30(23(32)15-20-10-6-14-35-20)17-21(22)24(28-29)26(34)31-12-5-7-18(16-31)25(33)27-19-8-3-2-4-9-19/h2-4,6,8-10,14,18H,5,7,11-13,15-17H2,1H3,(H,27,33). The van der Waals surface area contributed by atoms with Crippen LogP contribution in [0.4, 0.5) is 5.69 Å². The molecule has 1 N–H and O–H groups in total. The summed E-state index contributed by atoms with van der Waals surface area (Å²) in [7, 11) is 1.85. The third kappa shape index (κ3) is 5.00. The molecular formula is C26H29N5O3S. The van der Waals surface area contributed by atoms with E-state index < -0.39 is 0 Å². The molecule has 0 radical (unpaired) electrons. The van der Waals surface area contributed by atoms with E-state index in [4.69, 9.17) is 0 Å². The average molecular weight is 492 g/mol. The number of thiophene rings is 1. The number of nitrogens with one attached hydrogen (secondary N) is 1. The van der Waals surface area contributed by atoms with Crippen LogP contribution < -0.4 is 5.32 Å².